The van der Waals surface area contributed by atoms with Gasteiger partial charge in [0.15, 0.2) is 5.75 Å². The monoisotopic (exact) mass is 363 g/mol. The minimum absolute atomic E-state index is 0.291. The number of nitrogen functional groups attached to an aromatic ring is 5. The van der Waals surface area contributed by atoms with E-state index in [-0.39, 0.29) is 0 Å². The Kier molecular flexibility index (Phi) is 4.71. The zero-order valence-corrected chi connectivity index (χ0v) is 14.8. The highest BCUT2D eigenvalue weighted by molar-refractivity contribution is 5.84. The highest BCUT2D eigenvalue weighted by Crippen LogP contribution is 2.35. The van der Waals surface area contributed by atoms with Gasteiger partial charge in [-0.05, 0) is 30.2 Å². The van der Waals surface area contributed by atoms with Crippen LogP contribution in [0, 0.1) is 6.92 Å². The molecule has 10 N–H and O–H groups in total. The molecule has 0 unspecified atom stereocenters. The molecule has 0 bridgehead atoms. The van der Waals surface area contributed by atoms with Gasteiger partial charge < -0.3 is 33.5 Å². The van der Waals surface area contributed by atoms with Crippen molar-refractivity contribution in [2.45, 2.75) is 6.92 Å². The second-order valence-electron chi connectivity index (χ2n) is 6.16. The van der Waals surface area contributed by atoms with Crippen LogP contribution in [0.25, 0.3) is 11.1 Å². The Labute approximate surface area is 156 Å². The van der Waals surface area contributed by atoms with Crippen molar-refractivity contribution >= 4 is 34.1 Å². The van der Waals surface area contributed by atoms with Gasteiger partial charge in [-0.25, -0.2) is 0 Å². The molecule has 0 radical (unpaired) electrons. The Morgan fingerprint density at radius 1 is 0.704 bits per heavy atom. The van der Waals surface area contributed by atoms with Crippen LogP contribution < -0.4 is 33.5 Å². The average Bonchev–Trinajstić information content (AvgIpc) is 2.62. The molecule has 3 aromatic carbocycles. The van der Waals surface area contributed by atoms with Gasteiger partial charge in [0.1, 0.15) is 5.69 Å². The molecule has 0 atom stereocenters. The number of hydrogen-bond donors (Lipinski definition) is 5. The van der Waals surface area contributed by atoms with Gasteiger partial charge in [-0.1, -0.05) is 29.8 Å². The Bertz CT molecular complexity index is 967. The van der Waals surface area contributed by atoms with Gasteiger partial charge in [-0.15, -0.1) is 5.11 Å². The molecule has 3 aromatic rings. The largest absolute Gasteiger partial charge is 0.397 e. The molecule has 0 saturated carbocycles. The van der Waals surface area contributed by atoms with Gasteiger partial charge in [0.05, 0.1) is 28.4 Å². The molecular weight excluding hydrogens is 342 g/mol. The summed E-state index contributed by atoms with van der Waals surface area (Å²) < 4.78 is 0. The smallest absolute Gasteiger partial charge is 0.164 e. The highest BCUT2D eigenvalue weighted by Gasteiger charge is 2.09. The number of nitrogens with two attached hydrogens (primary N) is 5. The van der Waals surface area contributed by atoms with Crippen molar-refractivity contribution in [2.75, 3.05) is 28.7 Å². The van der Waals surface area contributed by atoms with E-state index in [1.807, 2.05) is 31.2 Å². The van der Waals surface area contributed by atoms with Gasteiger partial charge >= 0.3 is 0 Å². The molecule has 0 amide bonds. The third-order valence-corrected chi connectivity index (χ3v) is 4.06. The standard InChI is InChI=1S/C19H21N7O/c1-10-2-4-11(5-3-10)12-6-16(22)19(17(23)7-12)25-26-27-13-8-14(20)18(24)15(21)9-13/h2-9H,20-24H2,1H3. The van der Waals surface area contributed by atoms with Crippen molar-refractivity contribution in [2.24, 2.45) is 10.4 Å². The summed E-state index contributed by atoms with van der Waals surface area (Å²) in [4.78, 5) is 5.20. The first kappa shape index (κ1) is 17.9. The maximum atomic E-state index is 6.09. The maximum Gasteiger partial charge on any atom is 0.164 e. The molecule has 0 heterocycles. The molecule has 27 heavy (non-hydrogen) atoms. The van der Waals surface area contributed by atoms with E-state index in [1.165, 1.54) is 17.7 Å². The lowest BCUT2D eigenvalue weighted by atomic mass is 10.0. The van der Waals surface area contributed by atoms with Crippen LogP contribution in [0.15, 0.2) is 58.9 Å². The summed E-state index contributed by atoms with van der Waals surface area (Å²) in [5.74, 6) is 0.302. The fraction of sp³-hybridized carbons (Fsp3) is 0.0526. The summed E-state index contributed by atoms with van der Waals surface area (Å²) in [7, 11) is 0. The van der Waals surface area contributed by atoms with Crippen molar-refractivity contribution < 1.29 is 4.84 Å². The molecule has 0 saturated heterocycles. The number of benzene rings is 3. The minimum atomic E-state index is 0.291. The Morgan fingerprint density at radius 3 is 1.81 bits per heavy atom. The van der Waals surface area contributed by atoms with Crippen molar-refractivity contribution in [1.29, 1.82) is 0 Å². The van der Waals surface area contributed by atoms with Crippen LogP contribution in [0.3, 0.4) is 0 Å². The van der Waals surface area contributed by atoms with Gasteiger partial charge in [-0.3, -0.25) is 0 Å². The van der Waals surface area contributed by atoms with Crippen LogP contribution in [0.4, 0.5) is 34.1 Å². The fourth-order valence-electron chi connectivity index (χ4n) is 2.54. The van der Waals surface area contributed by atoms with E-state index in [2.05, 4.69) is 10.4 Å². The Balaban J connectivity index is 1.83. The van der Waals surface area contributed by atoms with E-state index in [4.69, 9.17) is 33.5 Å². The maximum absolute atomic E-state index is 6.09. The zero-order valence-electron chi connectivity index (χ0n) is 14.8. The number of rotatable bonds is 4. The van der Waals surface area contributed by atoms with Crippen LogP contribution in [0.1, 0.15) is 5.56 Å². The summed E-state index contributed by atoms with van der Waals surface area (Å²) in [6.45, 7) is 2.03. The lowest BCUT2D eigenvalue weighted by Crippen LogP contribution is -2.00. The molecule has 0 aliphatic carbocycles. The summed E-state index contributed by atoms with van der Waals surface area (Å²) >= 11 is 0. The topological polar surface area (TPSA) is 164 Å². The number of anilines is 5. The molecule has 0 aromatic heterocycles. The first-order valence-corrected chi connectivity index (χ1v) is 8.13. The fourth-order valence-corrected chi connectivity index (χ4v) is 2.54. The average molecular weight is 363 g/mol. The number of nitrogens with zero attached hydrogens (tertiary/aromatic N) is 2. The van der Waals surface area contributed by atoms with Crippen molar-refractivity contribution in [3.63, 3.8) is 0 Å². The second-order valence-corrected chi connectivity index (χ2v) is 6.16. The predicted molar refractivity (Wildman–Crippen MR) is 110 cm³/mol. The van der Waals surface area contributed by atoms with Crippen LogP contribution >= 0.6 is 0 Å². The van der Waals surface area contributed by atoms with E-state index in [0.717, 1.165) is 11.1 Å². The molecule has 138 valence electrons. The highest BCUT2D eigenvalue weighted by atomic mass is 16.6. The lowest BCUT2D eigenvalue weighted by Gasteiger charge is -2.09. The third-order valence-electron chi connectivity index (χ3n) is 4.06. The SMILES string of the molecule is Cc1ccc(-c2cc(N)c(N=NOc3cc(N)c(N)c(N)c3)c(N)c2)cc1. The van der Waals surface area contributed by atoms with Gasteiger partial charge in [-0.2, -0.15) is 0 Å². The van der Waals surface area contributed by atoms with Crippen molar-refractivity contribution in [3.05, 3.63) is 54.1 Å². The predicted octanol–water partition coefficient (Wildman–Crippen LogP) is 3.65. The Hall–Kier alpha value is -3.94. The molecule has 0 fully saturated rings. The third kappa shape index (κ3) is 3.84. The minimum Gasteiger partial charge on any atom is -0.397 e. The molecular formula is C19H21N7O. The molecule has 8 nitrogen and oxygen atoms in total. The van der Waals surface area contributed by atoms with E-state index in [9.17, 15) is 0 Å². The van der Waals surface area contributed by atoms with Gasteiger partial charge in [0, 0.05) is 17.4 Å². The van der Waals surface area contributed by atoms with Crippen LogP contribution in [0.2, 0.25) is 0 Å². The Morgan fingerprint density at radius 2 is 1.26 bits per heavy atom. The lowest BCUT2D eigenvalue weighted by molar-refractivity contribution is 0.313. The van der Waals surface area contributed by atoms with Gasteiger partial charge in [0.25, 0.3) is 0 Å². The quantitative estimate of drug-likeness (QED) is 0.270. The summed E-state index contributed by atoms with van der Waals surface area (Å²) in [6.07, 6.45) is 0. The van der Waals surface area contributed by atoms with Crippen molar-refractivity contribution in [1.82, 2.24) is 0 Å². The van der Waals surface area contributed by atoms with Crippen LogP contribution in [-0.4, -0.2) is 0 Å². The van der Waals surface area contributed by atoms with E-state index in [1.54, 1.807) is 12.1 Å². The summed E-state index contributed by atoms with van der Waals surface area (Å²) in [5.41, 5.74) is 34.4. The van der Waals surface area contributed by atoms with Crippen LogP contribution in [-0.2, 0) is 0 Å². The molecule has 3 rings (SSSR count). The summed E-state index contributed by atoms with van der Waals surface area (Å²) in [5, 5.41) is 7.64. The number of hydrogen-bond acceptors (Lipinski definition) is 8. The zero-order chi connectivity index (χ0) is 19.6. The first-order chi connectivity index (χ1) is 12.8. The molecule has 0 aliphatic rings. The second kappa shape index (κ2) is 7.12. The first-order valence-electron chi connectivity index (χ1n) is 8.13. The molecule has 0 spiro atoms. The summed E-state index contributed by atoms with van der Waals surface area (Å²) in [6, 6.07) is 14.6. The van der Waals surface area contributed by atoms with Crippen LogP contribution in [0.5, 0.6) is 5.75 Å². The van der Waals surface area contributed by atoms with E-state index in [0.29, 0.717) is 39.9 Å². The van der Waals surface area contributed by atoms with Gasteiger partial charge in [0.2, 0.25) is 0 Å². The number of aryl methyl sites for hydroxylation is 1. The van der Waals surface area contributed by atoms with Crippen molar-refractivity contribution in [3.8, 4) is 16.9 Å². The molecule has 0 aliphatic heterocycles. The normalized spacial score (nSPS) is 11.0. The molecule has 8 heteroatoms. The van der Waals surface area contributed by atoms with E-state index >= 15 is 0 Å². The van der Waals surface area contributed by atoms with E-state index < -0.39 is 0 Å².